The van der Waals surface area contributed by atoms with Crippen molar-refractivity contribution in [3.63, 3.8) is 0 Å². The minimum absolute atomic E-state index is 0.141. The van der Waals surface area contributed by atoms with Crippen molar-refractivity contribution in [3.8, 4) is 0 Å². The maximum atomic E-state index is 11.4. The third-order valence-corrected chi connectivity index (χ3v) is 4.53. The van der Waals surface area contributed by atoms with Crippen LogP contribution in [0.2, 0.25) is 0 Å². The molecule has 2 N–H and O–H groups in total. The molecule has 118 valence electrons. The molecule has 1 fully saturated rings. The van der Waals surface area contributed by atoms with Crippen LogP contribution >= 0.6 is 0 Å². The van der Waals surface area contributed by atoms with E-state index in [0.717, 1.165) is 48.2 Å². The summed E-state index contributed by atoms with van der Waals surface area (Å²) in [6.07, 6.45) is 5.29. The lowest BCUT2D eigenvalue weighted by molar-refractivity contribution is 0.0690. The van der Waals surface area contributed by atoms with E-state index in [0.29, 0.717) is 5.92 Å². The van der Waals surface area contributed by atoms with Gasteiger partial charge in [-0.2, -0.15) is 0 Å². The first-order valence-corrected chi connectivity index (χ1v) is 8.04. The molecular weight excluding hydrogens is 278 g/mol. The van der Waals surface area contributed by atoms with Crippen molar-refractivity contribution < 1.29 is 9.90 Å². The lowest BCUT2D eigenvalue weighted by Crippen LogP contribution is -2.33. The topological polar surface area (TPSA) is 69.2 Å². The number of aromatic carboxylic acids is 1. The van der Waals surface area contributed by atoms with E-state index in [-0.39, 0.29) is 5.69 Å². The number of hydrogen-bond donors (Lipinski definition) is 2. The molecule has 0 aliphatic carbocycles. The summed E-state index contributed by atoms with van der Waals surface area (Å²) in [5, 5.41) is 9.33. The Morgan fingerprint density at radius 2 is 2.32 bits per heavy atom. The molecule has 5 nitrogen and oxygen atoms in total. The molecule has 3 heterocycles. The summed E-state index contributed by atoms with van der Waals surface area (Å²) in [5.74, 6) is -0.252. The third kappa shape index (κ3) is 2.86. The van der Waals surface area contributed by atoms with Crippen molar-refractivity contribution in [1.82, 2.24) is 14.9 Å². The van der Waals surface area contributed by atoms with Gasteiger partial charge in [0.2, 0.25) is 0 Å². The minimum atomic E-state index is -0.960. The zero-order chi connectivity index (χ0) is 15.7. The van der Waals surface area contributed by atoms with Crippen molar-refractivity contribution in [3.05, 3.63) is 29.1 Å². The Morgan fingerprint density at radius 3 is 3.00 bits per heavy atom. The van der Waals surface area contributed by atoms with Crippen LogP contribution < -0.4 is 0 Å². The van der Waals surface area contributed by atoms with Gasteiger partial charge in [0, 0.05) is 19.3 Å². The van der Waals surface area contributed by atoms with Gasteiger partial charge < -0.3 is 10.1 Å². The molecule has 0 saturated carbocycles. The summed E-state index contributed by atoms with van der Waals surface area (Å²) >= 11 is 0. The van der Waals surface area contributed by atoms with Crippen LogP contribution in [0.25, 0.3) is 11.0 Å². The van der Waals surface area contributed by atoms with Crippen LogP contribution in [0.15, 0.2) is 12.3 Å². The first kappa shape index (κ1) is 15.0. The van der Waals surface area contributed by atoms with E-state index in [1.807, 2.05) is 6.20 Å². The quantitative estimate of drug-likeness (QED) is 0.910. The van der Waals surface area contributed by atoms with E-state index < -0.39 is 5.97 Å². The fourth-order valence-corrected chi connectivity index (χ4v) is 3.39. The average molecular weight is 301 g/mol. The van der Waals surface area contributed by atoms with Gasteiger partial charge in [-0.1, -0.05) is 13.8 Å². The third-order valence-electron chi connectivity index (χ3n) is 4.53. The normalized spacial score (nSPS) is 19.6. The average Bonchev–Trinajstić information content (AvgIpc) is 2.90. The molecule has 1 atom stereocenters. The second kappa shape index (κ2) is 6.08. The first-order chi connectivity index (χ1) is 10.6. The zero-order valence-corrected chi connectivity index (χ0v) is 13.2. The van der Waals surface area contributed by atoms with Crippen molar-refractivity contribution in [1.29, 1.82) is 0 Å². The number of aromatic amines is 1. The van der Waals surface area contributed by atoms with Gasteiger partial charge in [-0.15, -0.1) is 0 Å². The van der Waals surface area contributed by atoms with E-state index in [2.05, 4.69) is 28.7 Å². The number of aromatic nitrogens is 2. The Labute approximate surface area is 130 Å². The van der Waals surface area contributed by atoms with Gasteiger partial charge in [0.25, 0.3) is 0 Å². The number of hydrogen-bond acceptors (Lipinski definition) is 3. The predicted octanol–water partition coefficient (Wildman–Crippen LogP) is 3.06. The predicted molar refractivity (Wildman–Crippen MR) is 86.1 cm³/mol. The van der Waals surface area contributed by atoms with Gasteiger partial charge in [-0.3, -0.25) is 4.90 Å². The number of fused-ring (bicyclic) bond motifs is 1. The molecule has 1 aliphatic rings. The Morgan fingerprint density at radius 1 is 1.50 bits per heavy atom. The Bertz CT molecular complexity index is 693. The highest BCUT2D eigenvalue weighted by atomic mass is 16.4. The molecule has 2 aromatic rings. The molecule has 0 amide bonds. The van der Waals surface area contributed by atoms with Gasteiger partial charge in [0.1, 0.15) is 5.69 Å². The first-order valence-electron chi connectivity index (χ1n) is 8.04. The highest BCUT2D eigenvalue weighted by Crippen LogP contribution is 2.25. The Kier molecular flexibility index (Phi) is 4.16. The number of carboxylic acids is 1. The van der Waals surface area contributed by atoms with E-state index >= 15 is 0 Å². The fourth-order valence-electron chi connectivity index (χ4n) is 3.39. The number of pyridine rings is 1. The van der Waals surface area contributed by atoms with Crippen molar-refractivity contribution >= 4 is 17.0 Å². The van der Waals surface area contributed by atoms with Crippen molar-refractivity contribution in [2.24, 2.45) is 5.92 Å². The highest BCUT2D eigenvalue weighted by Gasteiger charge is 2.20. The standard InChI is InChI=1S/C17H23N3O2/c1-3-12-8-18-15-13(7-14(17(21)22)19-16(12)15)10-20-6-4-5-11(2)9-20/h7-8,11,18H,3-6,9-10H2,1-2H3,(H,21,22)/t11-/m0/s1. The van der Waals surface area contributed by atoms with Gasteiger partial charge in [-0.25, -0.2) is 9.78 Å². The van der Waals surface area contributed by atoms with Crippen LogP contribution in [0, 0.1) is 5.92 Å². The number of nitrogens with zero attached hydrogens (tertiary/aromatic N) is 2. The largest absolute Gasteiger partial charge is 0.477 e. The molecule has 1 saturated heterocycles. The molecule has 0 unspecified atom stereocenters. The van der Waals surface area contributed by atoms with E-state index in [1.165, 1.54) is 12.8 Å². The number of carbonyl (C=O) groups is 1. The van der Waals surface area contributed by atoms with E-state index in [4.69, 9.17) is 0 Å². The molecule has 22 heavy (non-hydrogen) atoms. The Balaban J connectivity index is 1.99. The lowest BCUT2D eigenvalue weighted by Gasteiger charge is -2.31. The lowest BCUT2D eigenvalue weighted by atomic mass is 9.99. The number of piperidine rings is 1. The maximum absolute atomic E-state index is 11.4. The summed E-state index contributed by atoms with van der Waals surface area (Å²) in [6.45, 7) is 7.28. The SMILES string of the molecule is CCc1c[nH]c2c(CN3CCC[C@H](C)C3)cc(C(=O)O)nc12. The van der Waals surface area contributed by atoms with Gasteiger partial charge >= 0.3 is 5.97 Å². The monoisotopic (exact) mass is 301 g/mol. The fraction of sp³-hybridized carbons (Fsp3) is 0.529. The van der Waals surface area contributed by atoms with Crippen LogP contribution in [-0.4, -0.2) is 39.0 Å². The van der Waals surface area contributed by atoms with Crippen molar-refractivity contribution in [2.45, 2.75) is 39.7 Å². The number of nitrogens with one attached hydrogen (secondary N) is 1. The summed E-state index contributed by atoms with van der Waals surface area (Å²) < 4.78 is 0. The molecular formula is C17H23N3O2. The van der Waals surface area contributed by atoms with Gasteiger partial charge in [0.15, 0.2) is 0 Å². The summed E-state index contributed by atoms with van der Waals surface area (Å²) in [5.41, 5.74) is 4.05. The Hall–Kier alpha value is -1.88. The van der Waals surface area contributed by atoms with Crippen LogP contribution in [0.5, 0.6) is 0 Å². The maximum Gasteiger partial charge on any atom is 0.354 e. The van der Waals surface area contributed by atoms with Crippen LogP contribution in [0.4, 0.5) is 0 Å². The van der Waals surface area contributed by atoms with E-state index in [1.54, 1.807) is 6.07 Å². The molecule has 1 aliphatic heterocycles. The smallest absolute Gasteiger partial charge is 0.354 e. The molecule has 2 aromatic heterocycles. The molecule has 5 heteroatoms. The summed E-state index contributed by atoms with van der Waals surface area (Å²) in [7, 11) is 0. The molecule has 0 radical (unpaired) electrons. The second-order valence-electron chi connectivity index (χ2n) is 6.35. The summed E-state index contributed by atoms with van der Waals surface area (Å²) in [6, 6.07) is 1.72. The highest BCUT2D eigenvalue weighted by molar-refractivity contribution is 5.91. The number of aryl methyl sites for hydroxylation is 1. The van der Waals surface area contributed by atoms with E-state index in [9.17, 15) is 9.90 Å². The summed E-state index contributed by atoms with van der Waals surface area (Å²) in [4.78, 5) is 21.4. The van der Waals surface area contributed by atoms with Crippen LogP contribution in [-0.2, 0) is 13.0 Å². The van der Waals surface area contributed by atoms with Gasteiger partial charge in [0.05, 0.1) is 11.0 Å². The number of carboxylic acid groups (broad SMARTS) is 1. The molecule has 3 rings (SSSR count). The minimum Gasteiger partial charge on any atom is -0.477 e. The second-order valence-corrected chi connectivity index (χ2v) is 6.35. The number of rotatable bonds is 4. The van der Waals surface area contributed by atoms with Gasteiger partial charge in [-0.05, 0) is 48.9 Å². The molecule has 0 aromatic carbocycles. The van der Waals surface area contributed by atoms with Crippen molar-refractivity contribution in [2.75, 3.05) is 13.1 Å². The molecule has 0 spiro atoms. The zero-order valence-electron chi connectivity index (χ0n) is 13.2. The molecule has 0 bridgehead atoms. The number of likely N-dealkylation sites (tertiary alicyclic amines) is 1. The number of H-pyrrole nitrogens is 1. The van der Waals surface area contributed by atoms with Crippen LogP contribution in [0.3, 0.4) is 0 Å². The van der Waals surface area contributed by atoms with Crippen LogP contribution in [0.1, 0.15) is 48.3 Å².